The van der Waals surface area contributed by atoms with Crippen LogP contribution in [-0.2, 0) is 11.3 Å². The van der Waals surface area contributed by atoms with Crippen LogP contribution >= 0.6 is 0 Å². The Morgan fingerprint density at radius 2 is 1.62 bits per heavy atom. The molecule has 160 valence electrons. The van der Waals surface area contributed by atoms with Crippen molar-refractivity contribution in [3.63, 3.8) is 0 Å². The standard InChI is InChI=1S/C24H18N2O6/c27-19-5-1-13(7-20(19)28)10-25-11-18-17-8-14(2-4-16(17)23(29)26-24(18)30)15-3-6-21-22(9-15)32-12-31-21/h1-9,11,25,27-28H,10,12H2,(H,26,29,30). The number of phenolic OH excluding ortho intramolecular Hbond substituents is 2. The zero-order valence-corrected chi connectivity index (χ0v) is 16.7. The van der Waals surface area contributed by atoms with E-state index in [9.17, 15) is 19.8 Å². The third-order valence-corrected chi connectivity index (χ3v) is 5.32. The molecule has 0 saturated carbocycles. The van der Waals surface area contributed by atoms with Crippen LogP contribution in [0.3, 0.4) is 0 Å². The molecule has 2 aliphatic heterocycles. The van der Waals surface area contributed by atoms with Gasteiger partial charge in [0.15, 0.2) is 23.0 Å². The highest BCUT2D eigenvalue weighted by atomic mass is 16.7. The summed E-state index contributed by atoms with van der Waals surface area (Å²) in [6, 6.07) is 15.3. The summed E-state index contributed by atoms with van der Waals surface area (Å²) in [5.41, 5.74) is 3.60. The summed E-state index contributed by atoms with van der Waals surface area (Å²) in [5.74, 6) is -0.0805. The number of hydrogen-bond acceptors (Lipinski definition) is 7. The van der Waals surface area contributed by atoms with Crippen molar-refractivity contribution in [2.24, 2.45) is 0 Å². The summed E-state index contributed by atoms with van der Waals surface area (Å²) in [6.45, 7) is 0.477. The van der Waals surface area contributed by atoms with Crippen LogP contribution in [0.15, 0.2) is 60.8 Å². The molecule has 3 aromatic carbocycles. The number of benzene rings is 3. The number of imide groups is 1. The molecule has 0 spiro atoms. The molecule has 4 N–H and O–H groups in total. The molecule has 8 nitrogen and oxygen atoms in total. The van der Waals surface area contributed by atoms with Crippen LogP contribution in [0.1, 0.15) is 21.5 Å². The first-order valence-corrected chi connectivity index (χ1v) is 9.84. The summed E-state index contributed by atoms with van der Waals surface area (Å²) < 4.78 is 10.8. The number of ether oxygens (including phenoxy) is 2. The molecule has 0 saturated heterocycles. The van der Waals surface area contributed by atoms with Gasteiger partial charge in [-0.25, -0.2) is 0 Å². The Hall–Kier alpha value is -4.46. The van der Waals surface area contributed by atoms with Crippen molar-refractivity contribution in [3.05, 3.63) is 77.5 Å². The Kier molecular flexibility index (Phi) is 4.67. The molecule has 2 amide bonds. The Balaban J connectivity index is 1.47. The number of nitrogens with one attached hydrogen (secondary N) is 2. The summed E-state index contributed by atoms with van der Waals surface area (Å²) in [7, 11) is 0. The first-order valence-electron chi connectivity index (χ1n) is 9.84. The lowest BCUT2D eigenvalue weighted by molar-refractivity contribution is -0.114. The number of aromatic hydroxyl groups is 2. The van der Waals surface area contributed by atoms with E-state index in [0.717, 1.165) is 11.1 Å². The number of carbonyl (C=O) groups excluding carboxylic acids is 2. The summed E-state index contributed by atoms with van der Waals surface area (Å²) in [4.78, 5) is 24.9. The summed E-state index contributed by atoms with van der Waals surface area (Å²) in [6.07, 6.45) is 1.54. The quantitative estimate of drug-likeness (QED) is 0.286. The van der Waals surface area contributed by atoms with E-state index >= 15 is 0 Å². The van der Waals surface area contributed by atoms with Gasteiger partial charge in [-0.15, -0.1) is 0 Å². The lowest BCUT2D eigenvalue weighted by Crippen LogP contribution is -2.37. The van der Waals surface area contributed by atoms with Crippen LogP contribution < -0.4 is 20.1 Å². The van der Waals surface area contributed by atoms with Crippen molar-refractivity contribution in [1.29, 1.82) is 0 Å². The maximum absolute atomic E-state index is 12.6. The molecule has 32 heavy (non-hydrogen) atoms. The molecule has 0 fully saturated rings. The van der Waals surface area contributed by atoms with E-state index < -0.39 is 11.8 Å². The molecule has 0 aliphatic carbocycles. The largest absolute Gasteiger partial charge is 0.504 e. The van der Waals surface area contributed by atoms with Crippen LogP contribution in [-0.4, -0.2) is 28.8 Å². The van der Waals surface area contributed by atoms with Gasteiger partial charge < -0.3 is 25.0 Å². The lowest BCUT2D eigenvalue weighted by atomic mass is 9.91. The fourth-order valence-corrected chi connectivity index (χ4v) is 3.67. The van der Waals surface area contributed by atoms with Gasteiger partial charge in [0, 0.05) is 23.9 Å². The smallest absolute Gasteiger partial charge is 0.260 e. The van der Waals surface area contributed by atoms with Gasteiger partial charge in [0.1, 0.15) is 0 Å². The minimum absolute atomic E-state index is 0.176. The molecule has 2 heterocycles. The van der Waals surface area contributed by atoms with Crippen molar-refractivity contribution in [1.82, 2.24) is 10.6 Å². The van der Waals surface area contributed by atoms with Crippen LogP contribution in [0.25, 0.3) is 16.7 Å². The number of phenols is 2. The maximum Gasteiger partial charge on any atom is 0.260 e. The lowest BCUT2D eigenvalue weighted by Gasteiger charge is -2.19. The molecule has 3 aromatic rings. The molecule has 8 heteroatoms. The van der Waals surface area contributed by atoms with Crippen LogP contribution in [0.2, 0.25) is 0 Å². The van der Waals surface area contributed by atoms with E-state index in [-0.39, 0.29) is 18.3 Å². The maximum atomic E-state index is 12.6. The minimum Gasteiger partial charge on any atom is -0.504 e. The van der Waals surface area contributed by atoms with E-state index in [1.165, 1.54) is 18.3 Å². The third-order valence-electron chi connectivity index (χ3n) is 5.32. The molecular formula is C24H18N2O6. The summed E-state index contributed by atoms with van der Waals surface area (Å²) >= 11 is 0. The highest BCUT2D eigenvalue weighted by Gasteiger charge is 2.27. The minimum atomic E-state index is -0.508. The number of fused-ring (bicyclic) bond motifs is 2. The van der Waals surface area contributed by atoms with Gasteiger partial charge in [-0.3, -0.25) is 14.9 Å². The van der Waals surface area contributed by atoms with Gasteiger partial charge in [-0.1, -0.05) is 18.2 Å². The molecule has 0 radical (unpaired) electrons. The molecular weight excluding hydrogens is 412 g/mol. The van der Waals surface area contributed by atoms with Crippen molar-refractivity contribution in [3.8, 4) is 34.1 Å². The number of amides is 2. The van der Waals surface area contributed by atoms with Crippen LogP contribution in [0.4, 0.5) is 0 Å². The van der Waals surface area contributed by atoms with Gasteiger partial charge >= 0.3 is 0 Å². The van der Waals surface area contributed by atoms with Crippen LogP contribution in [0, 0.1) is 0 Å². The normalized spacial score (nSPS) is 15.4. The first-order chi connectivity index (χ1) is 15.5. The fourth-order valence-electron chi connectivity index (χ4n) is 3.67. The van der Waals surface area contributed by atoms with Crippen molar-refractivity contribution >= 4 is 17.4 Å². The second-order valence-electron chi connectivity index (χ2n) is 7.37. The van der Waals surface area contributed by atoms with Gasteiger partial charge in [0.2, 0.25) is 6.79 Å². The molecule has 0 atom stereocenters. The second kappa shape index (κ2) is 7.66. The number of hydrogen-bond donors (Lipinski definition) is 4. The fraction of sp³-hybridized carbons (Fsp3) is 0.0833. The highest BCUT2D eigenvalue weighted by Crippen LogP contribution is 2.37. The first kappa shape index (κ1) is 19.5. The average molecular weight is 430 g/mol. The molecule has 0 bridgehead atoms. The molecule has 0 unspecified atom stereocenters. The van der Waals surface area contributed by atoms with Crippen molar-refractivity contribution in [2.45, 2.75) is 6.54 Å². The monoisotopic (exact) mass is 430 g/mol. The van der Waals surface area contributed by atoms with Gasteiger partial charge in [-0.05, 0) is 53.1 Å². The average Bonchev–Trinajstić information content (AvgIpc) is 3.26. The SMILES string of the molecule is O=C1NC(=O)c2ccc(-c3ccc4c(c3)OCO4)cc2C1=CNCc1ccc(O)c(O)c1. The Morgan fingerprint density at radius 3 is 2.47 bits per heavy atom. The molecule has 2 aliphatic rings. The van der Waals surface area contributed by atoms with Crippen molar-refractivity contribution < 1.29 is 29.3 Å². The summed E-state index contributed by atoms with van der Waals surface area (Å²) in [5, 5.41) is 24.4. The number of carbonyl (C=O) groups is 2. The highest BCUT2D eigenvalue weighted by molar-refractivity contribution is 6.31. The Bertz CT molecular complexity index is 1300. The topological polar surface area (TPSA) is 117 Å². The zero-order chi connectivity index (χ0) is 22.2. The van der Waals surface area contributed by atoms with E-state index in [4.69, 9.17) is 9.47 Å². The van der Waals surface area contributed by atoms with E-state index in [1.807, 2.05) is 24.3 Å². The number of rotatable bonds is 4. The molecule has 5 rings (SSSR count). The van der Waals surface area contributed by atoms with Gasteiger partial charge in [-0.2, -0.15) is 0 Å². The third kappa shape index (κ3) is 3.47. The van der Waals surface area contributed by atoms with Gasteiger partial charge in [0.25, 0.3) is 11.8 Å². The predicted octanol–water partition coefficient (Wildman–Crippen LogP) is 2.89. The van der Waals surface area contributed by atoms with E-state index in [1.54, 1.807) is 18.2 Å². The molecule has 0 aromatic heterocycles. The van der Waals surface area contributed by atoms with E-state index in [0.29, 0.717) is 40.3 Å². The van der Waals surface area contributed by atoms with E-state index in [2.05, 4.69) is 10.6 Å². The van der Waals surface area contributed by atoms with Crippen molar-refractivity contribution in [2.75, 3.05) is 6.79 Å². The predicted molar refractivity (Wildman–Crippen MR) is 115 cm³/mol. The zero-order valence-electron chi connectivity index (χ0n) is 16.7. The Labute approximate surface area is 182 Å². The van der Waals surface area contributed by atoms with Gasteiger partial charge in [0.05, 0.1) is 5.57 Å². The second-order valence-corrected chi connectivity index (χ2v) is 7.37. The Morgan fingerprint density at radius 1 is 0.844 bits per heavy atom. The van der Waals surface area contributed by atoms with Crippen LogP contribution in [0.5, 0.6) is 23.0 Å².